The van der Waals surface area contributed by atoms with Crippen LogP contribution in [-0.2, 0) is 4.74 Å². The first-order valence-electron chi connectivity index (χ1n) is 6.04. The minimum atomic E-state index is -0.652. The number of hydrogen-bond donors (Lipinski definition) is 3. The lowest BCUT2D eigenvalue weighted by atomic mass is 9.91. The maximum atomic E-state index is 11.3. The summed E-state index contributed by atoms with van der Waals surface area (Å²) in [6.45, 7) is 7.61. The molecule has 0 aromatic carbocycles. The maximum absolute atomic E-state index is 11.3. The Morgan fingerprint density at radius 2 is 2.00 bits per heavy atom. The molecule has 0 aromatic heterocycles. The highest BCUT2D eigenvalue weighted by Crippen LogP contribution is 2.19. The molecule has 3 N–H and O–H groups in total. The second-order valence-electron chi connectivity index (χ2n) is 5.41. The van der Waals surface area contributed by atoms with Gasteiger partial charge in [0.25, 0.3) is 0 Å². The highest BCUT2D eigenvalue weighted by molar-refractivity contribution is 5.73. The van der Waals surface area contributed by atoms with Crippen LogP contribution in [0.15, 0.2) is 0 Å². The molecule has 0 radical (unpaired) electrons. The SMILES string of the molecule is COCC(O)CNC(=O)NCCCC(C)(C)C. The van der Waals surface area contributed by atoms with E-state index in [1.165, 1.54) is 7.11 Å². The summed E-state index contributed by atoms with van der Waals surface area (Å²) in [4.78, 5) is 11.3. The van der Waals surface area contributed by atoms with Crippen molar-refractivity contribution < 1.29 is 14.6 Å². The predicted octanol–water partition coefficient (Wildman–Crippen LogP) is 1.12. The molecular weight excluding hydrogens is 220 g/mol. The number of methoxy groups -OCH3 is 1. The molecule has 0 aliphatic carbocycles. The van der Waals surface area contributed by atoms with Gasteiger partial charge >= 0.3 is 6.03 Å². The predicted molar refractivity (Wildman–Crippen MR) is 68.0 cm³/mol. The second-order valence-corrected chi connectivity index (χ2v) is 5.41. The molecule has 0 aliphatic rings. The molecule has 17 heavy (non-hydrogen) atoms. The smallest absolute Gasteiger partial charge is 0.314 e. The largest absolute Gasteiger partial charge is 0.389 e. The number of amides is 2. The van der Waals surface area contributed by atoms with Gasteiger partial charge in [0.2, 0.25) is 0 Å². The van der Waals surface area contributed by atoms with Crippen LogP contribution in [0.1, 0.15) is 33.6 Å². The van der Waals surface area contributed by atoms with E-state index < -0.39 is 6.10 Å². The molecule has 0 bridgehead atoms. The van der Waals surface area contributed by atoms with Crippen molar-refractivity contribution in [2.75, 3.05) is 26.8 Å². The van der Waals surface area contributed by atoms with E-state index in [1.807, 2.05) is 0 Å². The van der Waals surface area contributed by atoms with Crippen LogP contribution in [0.5, 0.6) is 0 Å². The zero-order chi connectivity index (χ0) is 13.3. The Kier molecular flexibility index (Phi) is 7.91. The molecule has 0 saturated carbocycles. The summed E-state index contributed by atoms with van der Waals surface area (Å²) in [6, 6.07) is -0.242. The maximum Gasteiger partial charge on any atom is 0.314 e. The first kappa shape index (κ1) is 16.2. The van der Waals surface area contributed by atoms with Gasteiger partial charge in [0.05, 0.1) is 12.7 Å². The van der Waals surface area contributed by atoms with Gasteiger partial charge in [-0.05, 0) is 18.3 Å². The van der Waals surface area contributed by atoms with Crippen LogP contribution in [0.4, 0.5) is 4.79 Å². The highest BCUT2D eigenvalue weighted by atomic mass is 16.5. The molecule has 0 saturated heterocycles. The van der Waals surface area contributed by atoms with E-state index in [0.29, 0.717) is 12.0 Å². The zero-order valence-corrected chi connectivity index (χ0v) is 11.4. The van der Waals surface area contributed by atoms with Crippen LogP contribution in [0.2, 0.25) is 0 Å². The van der Waals surface area contributed by atoms with Gasteiger partial charge in [0.15, 0.2) is 0 Å². The summed E-state index contributed by atoms with van der Waals surface area (Å²) in [5, 5.41) is 14.6. The fourth-order valence-corrected chi connectivity index (χ4v) is 1.34. The number of nitrogens with one attached hydrogen (secondary N) is 2. The summed E-state index contributed by atoms with van der Waals surface area (Å²) >= 11 is 0. The third-order valence-electron chi connectivity index (χ3n) is 2.25. The Morgan fingerprint density at radius 1 is 1.35 bits per heavy atom. The molecule has 0 rings (SSSR count). The van der Waals surface area contributed by atoms with Crippen molar-refractivity contribution in [3.63, 3.8) is 0 Å². The lowest BCUT2D eigenvalue weighted by Crippen LogP contribution is -2.41. The number of carbonyl (C=O) groups excluding carboxylic acids is 1. The minimum Gasteiger partial charge on any atom is -0.389 e. The Bertz CT molecular complexity index is 214. The van der Waals surface area contributed by atoms with Gasteiger partial charge < -0.3 is 20.5 Å². The third kappa shape index (κ3) is 11.5. The Morgan fingerprint density at radius 3 is 2.53 bits per heavy atom. The van der Waals surface area contributed by atoms with Crippen LogP contribution in [0.25, 0.3) is 0 Å². The molecule has 5 nitrogen and oxygen atoms in total. The van der Waals surface area contributed by atoms with Crippen molar-refractivity contribution in [2.45, 2.75) is 39.7 Å². The number of ether oxygens (including phenoxy) is 1. The lowest BCUT2D eigenvalue weighted by molar-refractivity contribution is 0.0660. The normalized spacial score (nSPS) is 13.2. The Balaban J connectivity index is 3.47. The third-order valence-corrected chi connectivity index (χ3v) is 2.25. The fourth-order valence-electron chi connectivity index (χ4n) is 1.34. The second kappa shape index (κ2) is 8.31. The first-order valence-corrected chi connectivity index (χ1v) is 6.04. The summed E-state index contributed by atoms with van der Waals surface area (Å²) in [5.74, 6) is 0. The molecule has 1 unspecified atom stereocenters. The molecule has 0 heterocycles. The summed E-state index contributed by atoms with van der Waals surface area (Å²) in [7, 11) is 1.51. The summed E-state index contributed by atoms with van der Waals surface area (Å²) < 4.78 is 4.75. The molecular formula is C12H26N2O3. The van der Waals surface area contributed by atoms with Crippen LogP contribution >= 0.6 is 0 Å². The first-order chi connectivity index (χ1) is 7.85. The van der Waals surface area contributed by atoms with E-state index in [1.54, 1.807) is 0 Å². The molecule has 0 fully saturated rings. The molecule has 102 valence electrons. The van der Waals surface area contributed by atoms with Gasteiger partial charge in [-0.1, -0.05) is 20.8 Å². The summed E-state index contributed by atoms with van der Waals surface area (Å²) in [6.07, 6.45) is 1.37. The number of rotatable bonds is 7. The van der Waals surface area contributed by atoms with Crippen molar-refractivity contribution in [2.24, 2.45) is 5.41 Å². The standard InChI is InChI=1S/C12H26N2O3/c1-12(2,3)6-5-7-13-11(16)14-8-10(15)9-17-4/h10,15H,5-9H2,1-4H3,(H2,13,14,16). The van der Waals surface area contributed by atoms with Gasteiger partial charge in [-0.2, -0.15) is 0 Å². The number of aliphatic hydroxyl groups excluding tert-OH is 1. The van der Waals surface area contributed by atoms with E-state index in [4.69, 9.17) is 4.74 Å². The van der Waals surface area contributed by atoms with Gasteiger partial charge in [-0.25, -0.2) is 4.79 Å². The number of aliphatic hydroxyl groups is 1. The molecule has 0 aromatic rings. The monoisotopic (exact) mass is 246 g/mol. The average Bonchev–Trinajstić information content (AvgIpc) is 2.21. The topological polar surface area (TPSA) is 70.6 Å². The van der Waals surface area contributed by atoms with E-state index >= 15 is 0 Å². The van der Waals surface area contributed by atoms with Crippen molar-refractivity contribution in [3.05, 3.63) is 0 Å². The van der Waals surface area contributed by atoms with Crippen molar-refractivity contribution in [1.82, 2.24) is 10.6 Å². The molecule has 1 atom stereocenters. The number of urea groups is 1. The van der Waals surface area contributed by atoms with E-state index in [2.05, 4.69) is 31.4 Å². The zero-order valence-electron chi connectivity index (χ0n) is 11.4. The van der Waals surface area contributed by atoms with Crippen LogP contribution in [0, 0.1) is 5.41 Å². The van der Waals surface area contributed by atoms with E-state index in [9.17, 15) is 9.90 Å². The lowest BCUT2D eigenvalue weighted by Gasteiger charge is -2.18. The van der Waals surface area contributed by atoms with Crippen LogP contribution in [-0.4, -0.2) is 44.0 Å². The van der Waals surface area contributed by atoms with Gasteiger partial charge in [0, 0.05) is 20.2 Å². The Labute approximate surface area is 104 Å². The van der Waals surface area contributed by atoms with Gasteiger partial charge in [0.1, 0.15) is 0 Å². The van der Waals surface area contributed by atoms with Crippen molar-refractivity contribution in [3.8, 4) is 0 Å². The average molecular weight is 246 g/mol. The summed E-state index contributed by atoms with van der Waals surface area (Å²) in [5.41, 5.74) is 0.298. The quantitative estimate of drug-likeness (QED) is 0.590. The number of hydrogen-bond acceptors (Lipinski definition) is 3. The molecule has 0 aliphatic heterocycles. The van der Waals surface area contributed by atoms with Crippen molar-refractivity contribution in [1.29, 1.82) is 0 Å². The van der Waals surface area contributed by atoms with Crippen LogP contribution in [0.3, 0.4) is 0 Å². The van der Waals surface area contributed by atoms with E-state index in [-0.39, 0.29) is 19.2 Å². The van der Waals surface area contributed by atoms with Gasteiger partial charge in [-0.3, -0.25) is 0 Å². The van der Waals surface area contributed by atoms with Gasteiger partial charge in [-0.15, -0.1) is 0 Å². The minimum absolute atomic E-state index is 0.207. The molecule has 2 amide bonds. The van der Waals surface area contributed by atoms with Crippen molar-refractivity contribution >= 4 is 6.03 Å². The van der Waals surface area contributed by atoms with E-state index in [0.717, 1.165) is 12.8 Å². The molecule has 0 spiro atoms. The number of carbonyl (C=O) groups is 1. The van der Waals surface area contributed by atoms with Crippen LogP contribution < -0.4 is 10.6 Å². The fraction of sp³-hybridized carbons (Fsp3) is 0.917. The molecule has 5 heteroatoms. The highest BCUT2D eigenvalue weighted by Gasteiger charge is 2.10. The Hall–Kier alpha value is -0.810.